The summed E-state index contributed by atoms with van der Waals surface area (Å²) >= 11 is 1.55. The lowest BCUT2D eigenvalue weighted by Gasteiger charge is -2.41. The van der Waals surface area contributed by atoms with Gasteiger partial charge in [-0.3, -0.25) is 9.80 Å². The molecular weight excluding hydrogens is 336 g/mol. The van der Waals surface area contributed by atoms with E-state index < -0.39 is 0 Å². The highest BCUT2D eigenvalue weighted by Gasteiger charge is 2.27. The number of hydrogen-bond donors (Lipinski definition) is 1. The second-order valence-electron chi connectivity index (χ2n) is 6.46. The minimum absolute atomic E-state index is 0.206. The molecule has 6 nitrogen and oxygen atoms in total. The summed E-state index contributed by atoms with van der Waals surface area (Å²) in [7, 11) is 0. The van der Waals surface area contributed by atoms with Crippen LogP contribution in [-0.2, 0) is 13.1 Å². The number of nitrogens with zero attached hydrogens (tertiary/aromatic N) is 4. The van der Waals surface area contributed by atoms with Crippen LogP contribution in [-0.4, -0.2) is 63.4 Å². The van der Waals surface area contributed by atoms with Crippen LogP contribution in [0.4, 0.5) is 0 Å². The fourth-order valence-corrected chi connectivity index (χ4v) is 3.61. The summed E-state index contributed by atoms with van der Waals surface area (Å²) in [6, 6.07) is 4.38. The number of furan rings is 1. The molecule has 0 amide bonds. The summed E-state index contributed by atoms with van der Waals surface area (Å²) < 4.78 is 5.72. The molecule has 0 unspecified atom stereocenters. The van der Waals surface area contributed by atoms with Gasteiger partial charge in [0.2, 0.25) is 0 Å². The smallest absolute Gasteiger partial charge is 0.187 e. The Kier molecular flexibility index (Phi) is 6.47. The topological polar surface area (TPSA) is 65.6 Å². The van der Waals surface area contributed by atoms with Crippen LogP contribution >= 0.6 is 11.8 Å². The zero-order valence-electron chi connectivity index (χ0n) is 14.9. The maximum Gasteiger partial charge on any atom is 0.187 e. The van der Waals surface area contributed by atoms with Gasteiger partial charge in [-0.25, -0.2) is 9.97 Å². The fraction of sp³-hybridized carbons (Fsp3) is 0.556. The van der Waals surface area contributed by atoms with Gasteiger partial charge in [0.05, 0.1) is 6.54 Å². The highest BCUT2D eigenvalue weighted by Crippen LogP contribution is 2.19. The van der Waals surface area contributed by atoms with E-state index in [0.717, 1.165) is 61.4 Å². The predicted octanol–water partition coefficient (Wildman–Crippen LogP) is 2.17. The predicted molar refractivity (Wildman–Crippen MR) is 98.4 cm³/mol. The van der Waals surface area contributed by atoms with Crippen molar-refractivity contribution in [2.75, 3.05) is 32.5 Å². The Labute approximate surface area is 153 Å². The molecular formula is C18H26N4O2S. The van der Waals surface area contributed by atoms with Crippen LogP contribution in [0.5, 0.6) is 0 Å². The lowest BCUT2D eigenvalue weighted by Crippen LogP contribution is -2.52. The molecule has 3 heterocycles. The third kappa shape index (κ3) is 5.04. The summed E-state index contributed by atoms with van der Waals surface area (Å²) in [6.45, 7) is 6.72. The highest BCUT2D eigenvalue weighted by molar-refractivity contribution is 7.98. The van der Waals surface area contributed by atoms with Gasteiger partial charge in [0.15, 0.2) is 5.16 Å². The molecule has 0 bridgehead atoms. The normalized spacial score (nSPS) is 19.4. The Morgan fingerprint density at radius 1 is 1.24 bits per heavy atom. The van der Waals surface area contributed by atoms with Gasteiger partial charge in [0.1, 0.15) is 11.5 Å². The molecule has 1 N–H and O–H groups in total. The quantitative estimate of drug-likeness (QED) is 0.598. The number of aryl methyl sites for hydroxylation is 1. The van der Waals surface area contributed by atoms with E-state index in [1.165, 1.54) is 0 Å². The van der Waals surface area contributed by atoms with Gasteiger partial charge in [0.25, 0.3) is 0 Å². The van der Waals surface area contributed by atoms with E-state index in [9.17, 15) is 5.11 Å². The van der Waals surface area contributed by atoms with Crippen molar-refractivity contribution in [3.63, 3.8) is 0 Å². The van der Waals surface area contributed by atoms with E-state index in [2.05, 4.69) is 19.8 Å². The van der Waals surface area contributed by atoms with Crippen molar-refractivity contribution < 1.29 is 9.52 Å². The summed E-state index contributed by atoms with van der Waals surface area (Å²) in [5.41, 5.74) is 1.13. The number of hydrogen-bond acceptors (Lipinski definition) is 7. The molecule has 1 saturated heterocycles. The molecule has 0 aliphatic carbocycles. The Bertz CT molecular complexity index is 661. The first kappa shape index (κ1) is 18.4. The number of rotatable bonds is 7. The first-order valence-electron chi connectivity index (χ1n) is 8.65. The molecule has 1 atom stereocenters. The fourth-order valence-electron chi connectivity index (χ4n) is 3.29. The number of piperazine rings is 1. The van der Waals surface area contributed by atoms with E-state index in [0.29, 0.717) is 6.04 Å². The Morgan fingerprint density at radius 2 is 2.04 bits per heavy atom. The van der Waals surface area contributed by atoms with Gasteiger partial charge >= 0.3 is 0 Å². The van der Waals surface area contributed by atoms with Gasteiger partial charge < -0.3 is 9.52 Å². The summed E-state index contributed by atoms with van der Waals surface area (Å²) in [5, 5.41) is 10.3. The first-order valence-corrected chi connectivity index (χ1v) is 9.88. The molecule has 3 rings (SSSR count). The second-order valence-corrected chi connectivity index (χ2v) is 7.24. The summed E-state index contributed by atoms with van der Waals surface area (Å²) in [6.07, 6.45) is 6.59. The van der Waals surface area contributed by atoms with Gasteiger partial charge in [-0.15, -0.1) is 0 Å². The molecule has 0 spiro atoms. The van der Waals surface area contributed by atoms with Crippen LogP contribution in [0.25, 0.3) is 0 Å². The van der Waals surface area contributed by atoms with E-state index in [1.807, 2.05) is 37.7 Å². The number of aliphatic hydroxyl groups excluding tert-OH is 1. The third-order valence-electron chi connectivity index (χ3n) is 4.58. The van der Waals surface area contributed by atoms with Crippen LogP contribution < -0.4 is 0 Å². The molecule has 0 aromatic carbocycles. The van der Waals surface area contributed by atoms with Crippen molar-refractivity contribution in [3.8, 4) is 0 Å². The molecule has 25 heavy (non-hydrogen) atoms. The van der Waals surface area contributed by atoms with Crippen molar-refractivity contribution in [2.45, 2.75) is 37.6 Å². The molecule has 1 aliphatic heterocycles. The van der Waals surface area contributed by atoms with E-state index >= 15 is 0 Å². The van der Waals surface area contributed by atoms with Crippen LogP contribution in [0.2, 0.25) is 0 Å². The third-order valence-corrected chi connectivity index (χ3v) is 5.15. The highest BCUT2D eigenvalue weighted by atomic mass is 32.2. The zero-order valence-corrected chi connectivity index (χ0v) is 15.7. The average molecular weight is 362 g/mol. The Balaban J connectivity index is 1.59. The molecule has 7 heteroatoms. The van der Waals surface area contributed by atoms with Crippen LogP contribution in [0.3, 0.4) is 0 Å². The van der Waals surface area contributed by atoms with E-state index in [-0.39, 0.29) is 6.61 Å². The maximum absolute atomic E-state index is 9.45. The lowest BCUT2D eigenvalue weighted by molar-refractivity contribution is 0.0453. The van der Waals surface area contributed by atoms with Crippen LogP contribution in [0.1, 0.15) is 23.5 Å². The molecule has 0 radical (unpaired) electrons. The van der Waals surface area contributed by atoms with Crippen molar-refractivity contribution >= 4 is 11.8 Å². The maximum atomic E-state index is 9.45. The molecule has 2 aromatic rings. The molecule has 136 valence electrons. The van der Waals surface area contributed by atoms with Gasteiger partial charge in [-0.1, -0.05) is 11.8 Å². The minimum Gasteiger partial charge on any atom is -0.465 e. The van der Waals surface area contributed by atoms with E-state index in [1.54, 1.807) is 11.8 Å². The standard InChI is InChI=1S/C18H26N4O2S/c1-14-3-4-17(24-14)13-22-7-6-21(12-16(22)5-8-23)11-15-9-19-18(25-2)20-10-15/h3-4,9-10,16,23H,5-8,11-13H2,1-2H3/t16-/m1/s1. The minimum atomic E-state index is 0.206. The number of aliphatic hydroxyl groups is 1. The second kappa shape index (κ2) is 8.80. The molecule has 1 fully saturated rings. The SMILES string of the molecule is CSc1ncc(CN2CCN(Cc3ccc(C)o3)[C@H](CCO)C2)cn1. The van der Waals surface area contributed by atoms with Crippen molar-refractivity contribution in [2.24, 2.45) is 0 Å². The zero-order chi connectivity index (χ0) is 17.6. The van der Waals surface area contributed by atoms with Crippen LogP contribution in [0, 0.1) is 6.92 Å². The summed E-state index contributed by atoms with van der Waals surface area (Å²) in [4.78, 5) is 13.5. The van der Waals surface area contributed by atoms with Crippen molar-refractivity contribution in [3.05, 3.63) is 41.6 Å². The number of thioether (sulfide) groups is 1. The van der Waals surface area contributed by atoms with Gasteiger partial charge in [-0.2, -0.15) is 0 Å². The van der Waals surface area contributed by atoms with Crippen molar-refractivity contribution in [1.82, 2.24) is 19.8 Å². The largest absolute Gasteiger partial charge is 0.465 e. The Morgan fingerprint density at radius 3 is 2.68 bits per heavy atom. The monoisotopic (exact) mass is 362 g/mol. The van der Waals surface area contributed by atoms with Gasteiger partial charge in [-0.05, 0) is 31.7 Å². The van der Waals surface area contributed by atoms with Crippen molar-refractivity contribution in [1.29, 1.82) is 0 Å². The van der Waals surface area contributed by atoms with E-state index in [4.69, 9.17) is 4.42 Å². The first-order chi connectivity index (χ1) is 12.2. The summed E-state index contributed by atoms with van der Waals surface area (Å²) in [5.74, 6) is 1.94. The van der Waals surface area contributed by atoms with Crippen LogP contribution in [0.15, 0.2) is 34.1 Å². The Hall–Kier alpha value is -1.41. The average Bonchev–Trinajstić information content (AvgIpc) is 3.03. The molecule has 1 aliphatic rings. The van der Waals surface area contributed by atoms with Gasteiger partial charge in [0, 0.05) is 56.8 Å². The molecule has 0 saturated carbocycles. The number of aromatic nitrogens is 2. The lowest BCUT2D eigenvalue weighted by atomic mass is 10.1. The molecule has 2 aromatic heterocycles.